The number of rotatable bonds is 6. The molecule has 0 unspecified atom stereocenters. The van der Waals surface area contributed by atoms with Crippen LogP contribution in [0.15, 0.2) is 36.4 Å². The van der Waals surface area contributed by atoms with Crippen molar-refractivity contribution < 1.29 is 4.79 Å². The molecule has 1 fully saturated rings. The van der Waals surface area contributed by atoms with Gasteiger partial charge in [0.05, 0.1) is 24.8 Å². The van der Waals surface area contributed by atoms with Crippen molar-refractivity contribution >= 4 is 5.91 Å². The summed E-state index contributed by atoms with van der Waals surface area (Å²) in [5.41, 5.74) is 3.44. The molecular formula is C20H28N4O. The van der Waals surface area contributed by atoms with Crippen LogP contribution in [0.25, 0.3) is 0 Å². The molecule has 134 valence electrons. The van der Waals surface area contributed by atoms with Gasteiger partial charge >= 0.3 is 0 Å². The number of aromatic nitrogens is 2. The quantitative estimate of drug-likeness (QED) is 0.812. The second-order valence-corrected chi connectivity index (χ2v) is 7.15. The lowest BCUT2D eigenvalue weighted by Crippen LogP contribution is -2.43. The smallest absolute Gasteiger partial charge is 0.237 e. The van der Waals surface area contributed by atoms with Crippen LogP contribution >= 0.6 is 0 Å². The van der Waals surface area contributed by atoms with Crippen LogP contribution in [0.1, 0.15) is 29.8 Å². The molecule has 1 amide bonds. The molecule has 2 aromatic rings. The molecular weight excluding hydrogens is 312 g/mol. The molecule has 1 aliphatic heterocycles. The Morgan fingerprint density at radius 2 is 2.04 bits per heavy atom. The largest absolute Gasteiger partial charge is 0.337 e. The number of aryl methyl sites for hydroxylation is 2. The highest BCUT2D eigenvalue weighted by Gasteiger charge is 2.29. The van der Waals surface area contributed by atoms with Gasteiger partial charge in [0.25, 0.3) is 0 Å². The third kappa shape index (κ3) is 4.48. The first-order chi connectivity index (χ1) is 12.0. The molecule has 5 heteroatoms. The van der Waals surface area contributed by atoms with E-state index in [-0.39, 0.29) is 11.9 Å². The van der Waals surface area contributed by atoms with E-state index >= 15 is 0 Å². The minimum atomic E-state index is 0.225. The van der Waals surface area contributed by atoms with Gasteiger partial charge in [-0.2, -0.15) is 5.10 Å². The molecule has 1 aromatic carbocycles. The predicted molar refractivity (Wildman–Crippen MR) is 99.2 cm³/mol. The second-order valence-electron chi connectivity index (χ2n) is 7.15. The summed E-state index contributed by atoms with van der Waals surface area (Å²) in [6.45, 7) is 7.01. The Bertz CT molecular complexity index is 710. The first-order valence-corrected chi connectivity index (χ1v) is 9.06. The maximum atomic E-state index is 12.8. The molecule has 0 bridgehead atoms. The molecule has 0 saturated carbocycles. The lowest BCUT2D eigenvalue weighted by molar-refractivity contribution is -0.133. The van der Waals surface area contributed by atoms with E-state index in [9.17, 15) is 4.79 Å². The minimum Gasteiger partial charge on any atom is -0.337 e. The first kappa shape index (κ1) is 17.7. The van der Waals surface area contributed by atoms with Crippen LogP contribution in [0.2, 0.25) is 0 Å². The standard InChI is InChI=1S/C20H28N4O/c1-16-12-17(2)24(21-16)14-19-10-7-11-23(19)20(25)15-22(3)13-18-8-5-4-6-9-18/h4-6,8-9,12,19H,7,10-11,13-15H2,1-3H3/t19-/m1/s1. The zero-order valence-corrected chi connectivity index (χ0v) is 15.5. The van der Waals surface area contributed by atoms with Crippen LogP contribution in [0, 0.1) is 13.8 Å². The van der Waals surface area contributed by atoms with Crippen molar-refractivity contribution in [2.75, 3.05) is 20.1 Å². The van der Waals surface area contributed by atoms with Crippen molar-refractivity contribution in [1.82, 2.24) is 19.6 Å². The number of benzene rings is 1. The Labute approximate surface area is 150 Å². The van der Waals surface area contributed by atoms with Gasteiger partial charge in [-0.25, -0.2) is 0 Å². The predicted octanol–water partition coefficient (Wildman–Crippen LogP) is 2.62. The summed E-state index contributed by atoms with van der Waals surface area (Å²) < 4.78 is 2.04. The van der Waals surface area contributed by atoms with Gasteiger partial charge in [-0.15, -0.1) is 0 Å². The highest BCUT2D eigenvalue weighted by molar-refractivity contribution is 5.78. The van der Waals surface area contributed by atoms with Crippen LogP contribution in [0.4, 0.5) is 0 Å². The number of nitrogens with zero attached hydrogens (tertiary/aromatic N) is 4. The molecule has 0 N–H and O–H groups in total. The summed E-state index contributed by atoms with van der Waals surface area (Å²) in [5, 5.41) is 4.55. The van der Waals surface area contributed by atoms with E-state index in [0.29, 0.717) is 6.54 Å². The van der Waals surface area contributed by atoms with Gasteiger partial charge in [0, 0.05) is 18.8 Å². The highest BCUT2D eigenvalue weighted by Crippen LogP contribution is 2.20. The lowest BCUT2D eigenvalue weighted by Gasteiger charge is -2.27. The number of carbonyl (C=O) groups excluding carboxylic acids is 1. The van der Waals surface area contributed by atoms with Crippen molar-refractivity contribution in [3.63, 3.8) is 0 Å². The fourth-order valence-electron chi connectivity index (χ4n) is 3.69. The monoisotopic (exact) mass is 340 g/mol. The third-order valence-corrected chi connectivity index (χ3v) is 4.89. The fourth-order valence-corrected chi connectivity index (χ4v) is 3.69. The van der Waals surface area contributed by atoms with E-state index in [1.807, 2.05) is 36.9 Å². The maximum absolute atomic E-state index is 12.8. The molecule has 25 heavy (non-hydrogen) atoms. The number of hydrogen-bond donors (Lipinski definition) is 0. The molecule has 1 aromatic heterocycles. The molecule has 5 nitrogen and oxygen atoms in total. The van der Waals surface area contributed by atoms with Gasteiger partial charge in [-0.05, 0) is 45.4 Å². The van der Waals surface area contributed by atoms with Crippen LogP contribution in [0.3, 0.4) is 0 Å². The molecule has 1 atom stereocenters. The minimum absolute atomic E-state index is 0.225. The summed E-state index contributed by atoms with van der Waals surface area (Å²) in [6, 6.07) is 12.6. The van der Waals surface area contributed by atoms with E-state index in [4.69, 9.17) is 0 Å². The van der Waals surface area contributed by atoms with Crippen LogP contribution in [0.5, 0.6) is 0 Å². The number of likely N-dealkylation sites (N-methyl/N-ethyl adjacent to an activating group) is 1. The maximum Gasteiger partial charge on any atom is 0.237 e. The van der Waals surface area contributed by atoms with Gasteiger partial charge in [0.2, 0.25) is 5.91 Å². The van der Waals surface area contributed by atoms with Crippen molar-refractivity contribution in [2.24, 2.45) is 0 Å². The van der Waals surface area contributed by atoms with Gasteiger partial charge in [-0.3, -0.25) is 14.4 Å². The first-order valence-electron chi connectivity index (χ1n) is 9.06. The Hall–Kier alpha value is -2.14. The summed E-state index contributed by atoms with van der Waals surface area (Å²) in [6.07, 6.45) is 2.14. The number of likely N-dealkylation sites (tertiary alicyclic amines) is 1. The Balaban J connectivity index is 1.57. The van der Waals surface area contributed by atoms with E-state index in [0.717, 1.165) is 43.9 Å². The topological polar surface area (TPSA) is 41.4 Å². The normalized spacial score (nSPS) is 17.4. The van der Waals surface area contributed by atoms with Gasteiger partial charge in [0.1, 0.15) is 0 Å². The average molecular weight is 340 g/mol. The summed E-state index contributed by atoms with van der Waals surface area (Å²) >= 11 is 0. The number of hydrogen-bond acceptors (Lipinski definition) is 3. The van der Waals surface area contributed by atoms with Gasteiger partial charge in [-0.1, -0.05) is 30.3 Å². The van der Waals surface area contributed by atoms with E-state index in [2.05, 4.69) is 40.0 Å². The molecule has 1 aliphatic rings. The van der Waals surface area contributed by atoms with Crippen molar-refractivity contribution in [2.45, 2.75) is 45.8 Å². The number of amides is 1. The third-order valence-electron chi connectivity index (χ3n) is 4.89. The molecule has 3 rings (SSSR count). The van der Waals surface area contributed by atoms with E-state index < -0.39 is 0 Å². The Kier molecular flexibility index (Phi) is 5.53. The SMILES string of the molecule is Cc1cc(C)n(C[C@H]2CCCN2C(=O)CN(C)Cc2ccccc2)n1. The zero-order valence-electron chi connectivity index (χ0n) is 15.5. The van der Waals surface area contributed by atoms with E-state index in [1.54, 1.807) is 0 Å². The Morgan fingerprint density at radius 1 is 1.28 bits per heavy atom. The van der Waals surface area contributed by atoms with Crippen molar-refractivity contribution in [1.29, 1.82) is 0 Å². The second kappa shape index (κ2) is 7.83. The van der Waals surface area contributed by atoms with Crippen LogP contribution in [-0.4, -0.2) is 51.7 Å². The molecule has 1 saturated heterocycles. The summed E-state index contributed by atoms with van der Waals surface area (Å²) in [5.74, 6) is 0.225. The van der Waals surface area contributed by atoms with Crippen LogP contribution < -0.4 is 0 Å². The molecule has 0 radical (unpaired) electrons. The summed E-state index contributed by atoms with van der Waals surface area (Å²) in [7, 11) is 2.01. The molecule has 2 heterocycles. The average Bonchev–Trinajstić information content (AvgIpc) is 3.15. The van der Waals surface area contributed by atoms with Crippen LogP contribution in [-0.2, 0) is 17.9 Å². The van der Waals surface area contributed by atoms with Crippen molar-refractivity contribution in [3.8, 4) is 0 Å². The fraction of sp³-hybridized carbons (Fsp3) is 0.500. The highest BCUT2D eigenvalue weighted by atomic mass is 16.2. The lowest BCUT2D eigenvalue weighted by atomic mass is 10.2. The van der Waals surface area contributed by atoms with Crippen molar-refractivity contribution in [3.05, 3.63) is 53.3 Å². The zero-order chi connectivity index (χ0) is 17.8. The van der Waals surface area contributed by atoms with Gasteiger partial charge < -0.3 is 4.90 Å². The number of carbonyl (C=O) groups is 1. The summed E-state index contributed by atoms with van der Waals surface area (Å²) in [4.78, 5) is 16.9. The molecule has 0 spiro atoms. The van der Waals surface area contributed by atoms with Gasteiger partial charge in [0.15, 0.2) is 0 Å². The molecule has 0 aliphatic carbocycles. The van der Waals surface area contributed by atoms with E-state index in [1.165, 1.54) is 5.56 Å². The Morgan fingerprint density at radius 3 is 2.72 bits per heavy atom.